The first-order valence-corrected chi connectivity index (χ1v) is 8.69. The predicted molar refractivity (Wildman–Crippen MR) is 87.7 cm³/mol. The van der Waals surface area contributed by atoms with Crippen LogP contribution in [0, 0.1) is 0 Å². The Morgan fingerprint density at radius 3 is 2.27 bits per heavy atom. The Kier molecular flexibility index (Phi) is 5.14. The molecule has 4 nitrogen and oxygen atoms in total. The third kappa shape index (κ3) is 4.00. The number of aliphatic hydroxyl groups is 1. The quantitative estimate of drug-likeness (QED) is 0.861. The minimum atomic E-state index is -3.81. The molecule has 0 aromatic heterocycles. The maximum Gasteiger partial charge on any atom is 0.242 e. The van der Waals surface area contributed by atoms with Crippen LogP contribution in [0.4, 0.5) is 0 Å². The second kappa shape index (κ2) is 6.56. The molecule has 0 amide bonds. The zero-order valence-electron chi connectivity index (χ0n) is 11.8. The van der Waals surface area contributed by atoms with Crippen LogP contribution in [0.3, 0.4) is 0 Å². The molecule has 1 atom stereocenters. The van der Waals surface area contributed by atoms with Gasteiger partial charge in [0.15, 0.2) is 0 Å². The molecular formula is C15H15Cl2NO3S. The van der Waals surface area contributed by atoms with E-state index in [9.17, 15) is 13.5 Å². The van der Waals surface area contributed by atoms with Crippen LogP contribution >= 0.6 is 23.2 Å². The first-order valence-electron chi connectivity index (χ1n) is 6.45. The SMILES string of the molecule is CC(O)(CNS(=O)(=O)c1ccccc1Cl)c1ccc(Cl)cc1. The summed E-state index contributed by atoms with van der Waals surface area (Å²) in [4.78, 5) is -0.0245. The highest BCUT2D eigenvalue weighted by Crippen LogP contribution is 2.24. The van der Waals surface area contributed by atoms with E-state index in [0.29, 0.717) is 10.6 Å². The van der Waals surface area contributed by atoms with E-state index in [1.807, 2.05) is 0 Å². The van der Waals surface area contributed by atoms with Gasteiger partial charge < -0.3 is 5.11 Å². The number of nitrogens with one attached hydrogen (secondary N) is 1. The second-order valence-electron chi connectivity index (χ2n) is 5.04. The van der Waals surface area contributed by atoms with Crippen molar-refractivity contribution >= 4 is 33.2 Å². The summed E-state index contributed by atoms with van der Waals surface area (Å²) in [7, 11) is -3.81. The molecule has 0 aliphatic rings. The molecule has 2 rings (SSSR count). The van der Waals surface area contributed by atoms with Crippen LogP contribution < -0.4 is 4.72 Å². The van der Waals surface area contributed by atoms with Crippen molar-refractivity contribution in [3.63, 3.8) is 0 Å². The molecule has 2 aromatic carbocycles. The Bertz CT molecular complexity index is 759. The molecule has 0 fully saturated rings. The average Bonchev–Trinajstić information content (AvgIpc) is 2.46. The van der Waals surface area contributed by atoms with Gasteiger partial charge in [0.1, 0.15) is 10.5 Å². The number of halogens is 2. The number of benzene rings is 2. The molecule has 0 saturated heterocycles. The van der Waals surface area contributed by atoms with Crippen molar-refractivity contribution in [1.29, 1.82) is 0 Å². The topological polar surface area (TPSA) is 66.4 Å². The van der Waals surface area contributed by atoms with Gasteiger partial charge in [0.25, 0.3) is 0 Å². The Labute approximate surface area is 139 Å². The Balaban J connectivity index is 2.18. The van der Waals surface area contributed by atoms with Crippen molar-refractivity contribution in [3.8, 4) is 0 Å². The number of hydrogen-bond donors (Lipinski definition) is 2. The monoisotopic (exact) mass is 359 g/mol. The van der Waals surface area contributed by atoms with Crippen molar-refractivity contribution in [1.82, 2.24) is 4.72 Å². The molecule has 0 saturated carbocycles. The van der Waals surface area contributed by atoms with E-state index in [4.69, 9.17) is 23.2 Å². The first-order chi connectivity index (χ1) is 10.2. The van der Waals surface area contributed by atoms with Gasteiger partial charge in [-0.15, -0.1) is 0 Å². The maximum atomic E-state index is 12.3. The van der Waals surface area contributed by atoms with E-state index < -0.39 is 15.6 Å². The number of hydrogen-bond acceptors (Lipinski definition) is 3. The molecule has 0 aliphatic carbocycles. The highest BCUT2D eigenvalue weighted by molar-refractivity contribution is 7.89. The highest BCUT2D eigenvalue weighted by atomic mass is 35.5. The molecule has 22 heavy (non-hydrogen) atoms. The van der Waals surface area contributed by atoms with Crippen LogP contribution in [-0.4, -0.2) is 20.1 Å². The summed E-state index contributed by atoms with van der Waals surface area (Å²) in [5.41, 5.74) is -0.822. The molecule has 0 radical (unpaired) electrons. The minimum absolute atomic E-state index is 0.0245. The predicted octanol–water partition coefficient (Wildman–Crippen LogP) is 3.18. The molecule has 0 bridgehead atoms. The van der Waals surface area contributed by atoms with Crippen LogP contribution in [0.15, 0.2) is 53.4 Å². The molecular weight excluding hydrogens is 345 g/mol. The zero-order chi connectivity index (χ0) is 16.4. The van der Waals surface area contributed by atoms with E-state index in [1.165, 1.54) is 19.1 Å². The van der Waals surface area contributed by atoms with E-state index in [0.717, 1.165) is 0 Å². The molecule has 7 heteroatoms. The molecule has 0 aliphatic heterocycles. The van der Waals surface area contributed by atoms with E-state index in [1.54, 1.807) is 36.4 Å². The summed E-state index contributed by atoms with van der Waals surface area (Å²) < 4.78 is 26.9. The van der Waals surface area contributed by atoms with Crippen molar-refractivity contribution in [3.05, 3.63) is 64.1 Å². The Hall–Kier alpha value is -1.11. The lowest BCUT2D eigenvalue weighted by Gasteiger charge is -2.24. The fourth-order valence-electron chi connectivity index (χ4n) is 1.89. The summed E-state index contributed by atoms with van der Waals surface area (Å²) in [6.07, 6.45) is 0. The van der Waals surface area contributed by atoms with Crippen LogP contribution in [0.2, 0.25) is 10.0 Å². The summed E-state index contributed by atoms with van der Waals surface area (Å²) in [5, 5.41) is 11.1. The van der Waals surface area contributed by atoms with Gasteiger partial charge in [-0.3, -0.25) is 0 Å². The normalized spacial score (nSPS) is 14.5. The lowest BCUT2D eigenvalue weighted by molar-refractivity contribution is 0.0627. The summed E-state index contributed by atoms with van der Waals surface area (Å²) in [6.45, 7) is 1.33. The van der Waals surface area contributed by atoms with Gasteiger partial charge in [-0.05, 0) is 36.8 Å². The summed E-state index contributed by atoms with van der Waals surface area (Å²) >= 11 is 11.7. The molecule has 2 aromatic rings. The van der Waals surface area contributed by atoms with Crippen molar-refractivity contribution in [2.45, 2.75) is 17.4 Å². The number of sulfonamides is 1. The standard InChI is InChI=1S/C15H15Cl2NO3S/c1-15(19,11-6-8-12(16)9-7-11)10-18-22(20,21)14-5-3-2-4-13(14)17/h2-9,18-19H,10H2,1H3. The maximum absolute atomic E-state index is 12.3. The average molecular weight is 360 g/mol. The van der Waals surface area contributed by atoms with Gasteiger partial charge in [-0.2, -0.15) is 0 Å². The fraction of sp³-hybridized carbons (Fsp3) is 0.200. The van der Waals surface area contributed by atoms with E-state index >= 15 is 0 Å². The van der Waals surface area contributed by atoms with Crippen molar-refractivity contribution in [2.24, 2.45) is 0 Å². The van der Waals surface area contributed by atoms with Crippen LogP contribution in [0.5, 0.6) is 0 Å². The third-order valence-corrected chi connectivity index (χ3v) is 5.35. The lowest BCUT2D eigenvalue weighted by Crippen LogP contribution is -2.38. The first kappa shape index (κ1) is 17.2. The second-order valence-corrected chi connectivity index (χ2v) is 7.61. The fourth-order valence-corrected chi connectivity index (χ4v) is 3.66. The number of rotatable bonds is 5. The molecule has 118 valence electrons. The van der Waals surface area contributed by atoms with Crippen LogP contribution in [-0.2, 0) is 15.6 Å². The van der Waals surface area contributed by atoms with Gasteiger partial charge in [-0.1, -0.05) is 47.5 Å². The van der Waals surface area contributed by atoms with Gasteiger partial charge in [0.05, 0.1) is 5.02 Å². The lowest BCUT2D eigenvalue weighted by atomic mass is 9.97. The molecule has 0 spiro atoms. The van der Waals surface area contributed by atoms with E-state index in [-0.39, 0.29) is 16.5 Å². The van der Waals surface area contributed by atoms with E-state index in [2.05, 4.69) is 4.72 Å². The van der Waals surface area contributed by atoms with Gasteiger partial charge >= 0.3 is 0 Å². The van der Waals surface area contributed by atoms with Gasteiger partial charge in [-0.25, -0.2) is 13.1 Å². The summed E-state index contributed by atoms with van der Waals surface area (Å²) in [5.74, 6) is 0. The largest absolute Gasteiger partial charge is 0.384 e. The smallest absolute Gasteiger partial charge is 0.242 e. The zero-order valence-corrected chi connectivity index (χ0v) is 14.1. The van der Waals surface area contributed by atoms with Gasteiger partial charge in [0, 0.05) is 11.6 Å². The van der Waals surface area contributed by atoms with Crippen LogP contribution in [0.25, 0.3) is 0 Å². The van der Waals surface area contributed by atoms with Gasteiger partial charge in [0.2, 0.25) is 10.0 Å². The Morgan fingerprint density at radius 1 is 1.09 bits per heavy atom. The summed E-state index contributed by atoms with van der Waals surface area (Å²) in [6, 6.07) is 12.7. The third-order valence-electron chi connectivity index (χ3n) is 3.20. The molecule has 0 heterocycles. The molecule has 1 unspecified atom stereocenters. The Morgan fingerprint density at radius 2 is 1.68 bits per heavy atom. The van der Waals surface area contributed by atoms with Crippen molar-refractivity contribution in [2.75, 3.05) is 6.54 Å². The molecule has 2 N–H and O–H groups in total. The highest BCUT2D eigenvalue weighted by Gasteiger charge is 2.27. The minimum Gasteiger partial charge on any atom is -0.384 e. The van der Waals surface area contributed by atoms with Crippen LogP contribution in [0.1, 0.15) is 12.5 Å². The van der Waals surface area contributed by atoms with Crippen molar-refractivity contribution < 1.29 is 13.5 Å².